The van der Waals surface area contributed by atoms with Crippen molar-refractivity contribution in [1.82, 2.24) is 0 Å². The first-order valence-electron chi connectivity index (χ1n) is 3.51. The third-order valence-corrected chi connectivity index (χ3v) is 3.34. The lowest BCUT2D eigenvalue weighted by Gasteiger charge is -1.94. The SMILES string of the molecule is Cc1csc2c(Cl)cc(F)cc12. The fourth-order valence-corrected chi connectivity index (χ4v) is 2.46. The molecule has 2 rings (SSSR count). The lowest BCUT2D eigenvalue weighted by molar-refractivity contribution is 0.630. The van der Waals surface area contributed by atoms with E-state index in [4.69, 9.17) is 11.6 Å². The molecule has 3 heteroatoms. The van der Waals surface area contributed by atoms with Crippen molar-refractivity contribution in [2.24, 2.45) is 0 Å². The first-order valence-corrected chi connectivity index (χ1v) is 4.77. The van der Waals surface area contributed by atoms with Crippen LogP contribution in [-0.4, -0.2) is 0 Å². The van der Waals surface area contributed by atoms with E-state index >= 15 is 0 Å². The molecule has 0 amide bonds. The molecule has 0 spiro atoms. The van der Waals surface area contributed by atoms with Crippen molar-refractivity contribution in [3.8, 4) is 0 Å². The van der Waals surface area contributed by atoms with Gasteiger partial charge in [0.05, 0.1) is 9.72 Å². The molecule has 0 bridgehead atoms. The van der Waals surface area contributed by atoms with Gasteiger partial charge in [-0.25, -0.2) is 4.39 Å². The van der Waals surface area contributed by atoms with Gasteiger partial charge in [-0.3, -0.25) is 0 Å². The largest absolute Gasteiger partial charge is 0.207 e. The van der Waals surface area contributed by atoms with Crippen LogP contribution in [-0.2, 0) is 0 Å². The van der Waals surface area contributed by atoms with Gasteiger partial charge in [-0.15, -0.1) is 11.3 Å². The molecule has 0 aliphatic rings. The smallest absolute Gasteiger partial charge is 0.125 e. The van der Waals surface area contributed by atoms with Gasteiger partial charge in [0.2, 0.25) is 0 Å². The predicted molar refractivity (Wildman–Crippen MR) is 51.5 cm³/mol. The van der Waals surface area contributed by atoms with Crippen molar-refractivity contribution >= 4 is 33.0 Å². The normalized spacial score (nSPS) is 10.9. The maximum absolute atomic E-state index is 12.9. The zero-order valence-electron chi connectivity index (χ0n) is 6.40. The summed E-state index contributed by atoms with van der Waals surface area (Å²) in [5.41, 5.74) is 1.08. The van der Waals surface area contributed by atoms with Crippen molar-refractivity contribution in [2.75, 3.05) is 0 Å². The molecule has 0 N–H and O–H groups in total. The van der Waals surface area contributed by atoms with Crippen LogP contribution in [0.2, 0.25) is 5.02 Å². The van der Waals surface area contributed by atoms with Crippen LogP contribution in [0.4, 0.5) is 4.39 Å². The fraction of sp³-hybridized carbons (Fsp3) is 0.111. The van der Waals surface area contributed by atoms with E-state index in [0.717, 1.165) is 15.6 Å². The summed E-state index contributed by atoms with van der Waals surface area (Å²) in [5.74, 6) is -0.269. The summed E-state index contributed by atoms with van der Waals surface area (Å²) in [4.78, 5) is 0. The number of hydrogen-bond donors (Lipinski definition) is 0. The van der Waals surface area contributed by atoms with Gasteiger partial charge >= 0.3 is 0 Å². The highest BCUT2D eigenvalue weighted by atomic mass is 35.5. The molecule has 0 unspecified atom stereocenters. The van der Waals surface area contributed by atoms with Gasteiger partial charge < -0.3 is 0 Å². The second-order valence-corrected chi connectivity index (χ2v) is 3.97. The van der Waals surface area contributed by atoms with E-state index in [2.05, 4.69) is 0 Å². The van der Waals surface area contributed by atoms with Crippen LogP contribution < -0.4 is 0 Å². The lowest BCUT2D eigenvalue weighted by Crippen LogP contribution is -1.74. The number of aryl methyl sites for hydroxylation is 1. The van der Waals surface area contributed by atoms with Crippen LogP contribution >= 0.6 is 22.9 Å². The number of hydrogen-bond acceptors (Lipinski definition) is 1. The van der Waals surface area contributed by atoms with Crippen LogP contribution in [0.3, 0.4) is 0 Å². The summed E-state index contributed by atoms with van der Waals surface area (Å²) in [6.45, 7) is 1.95. The Morgan fingerprint density at radius 1 is 1.42 bits per heavy atom. The molecule has 0 atom stereocenters. The van der Waals surface area contributed by atoms with Crippen LogP contribution in [0.25, 0.3) is 10.1 Å². The first-order chi connectivity index (χ1) is 5.68. The third kappa shape index (κ3) is 1.11. The Morgan fingerprint density at radius 2 is 2.17 bits per heavy atom. The van der Waals surface area contributed by atoms with Gasteiger partial charge in [-0.1, -0.05) is 11.6 Å². The van der Waals surface area contributed by atoms with Gasteiger partial charge in [-0.05, 0) is 35.4 Å². The molecule has 1 aromatic carbocycles. The number of rotatable bonds is 0. The Balaban J connectivity index is 2.92. The number of fused-ring (bicyclic) bond motifs is 1. The Kier molecular flexibility index (Phi) is 1.81. The molecule has 1 aromatic heterocycles. The van der Waals surface area contributed by atoms with Gasteiger partial charge in [0, 0.05) is 0 Å². The summed E-state index contributed by atoms with van der Waals surface area (Å²) in [5, 5.41) is 3.41. The summed E-state index contributed by atoms with van der Waals surface area (Å²) >= 11 is 7.40. The minimum Gasteiger partial charge on any atom is -0.207 e. The van der Waals surface area contributed by atoms with Gasteiger partial charge in [0.15, 0.2) is 0 Å². The van der Waals surface area contributed by atoms with Crippen LogP contribution in [0.1, 0.15) is 5.56 Å². The topological polar surface area (TPSA) is 0 Å². The van der Waals surface area contributed by atoms with Gasteiger partial charge in [-0.2, -0.15) is 0 Å². The Hall–Kier alpha value is -0.600. The molecule has 62 valence electrons. The number of halogens is 2. The standard InChI is InChI=1S/C9H6ClFS/c1-5-4-12-9-7(5)2-6(11)3-8(9)10/h2-4H,1H3. The Bertz CT molecular complexity index is 433. The number of thiophene rings is 1. The van der Waals surface area contributed by atoms with E-state index < -0.39 is 0 Å². The van der Waals surface area contributed by atoms with Crippen LogP contribution in [0, 0.1) is 12.7 Å². The van der Waals surface area contributed by atoms with Crippen LogP contribution in [0.5, 0.6) is 0 Å². The molecule has 12 heavy (non-hydrogen) atoms. The van der Waals surface area contributed by atoms with Crippen LogP contribution in [0.15, 0.2) is 17.5 Å². The Labute approximate surface area is 78.6 Å². The van der Waals surface area contributed by atoms with Crippen molar-refractivity contribution in [3.05, 3.63) is 33.9 Å². The van der Waals surface area contributed by atoms with E-state index in [9.17, 15) is 4.39 Å². The van der Waals surface area contributed by atoms with Crippen molar-refractivity contribution in [3.63, 3.8) is 0 Å². The van der Waals surface area contributed by atoms with E-state index in [0.29, 0.717) is 5.02 Å². The predicted octanol–water partition coefficient (Wildman–Crippen LogP) is 4.00. The van der Waals surface area contributed by atoms with E-state index in [1.807, 2.05) is 12.3 Å². The zero-order chi connectivity index (χ0) is 8.72. The highest BCUT2D eigenvalue weighted by Crippen LogP contribution is 2.32. The average Bonchev–Trinajstić information content (AvgIpc) is 2.33. The molecule has 0 aliphatic carbocycles. The first kappa shape index (κ1) is 8.02. The monoisotopic (exact) mass is 200 g/mol. The van der Waals surface area contributed by atoms with Crippen molar-refractivity contribution in [2.45, 2.75) is 6.92 Å². The minimum atomic E-state index is -0.269. The molecule has 0 saturated heterocycles. The third-order valence-electron chi connectivity index (χ3n) is 1.79. The quantitative estimate of drug-likeness (QED) is 0.603. The maximum atomic E-state index is 12.9. The van der Waals surface area contributed by atoms with Gasteiger partial charge in [0.1, 0.15) is 5.82 Å². The molecule has 1 heterocycles. The van der Waals surface area contributed by atoms with Crippen molar-refractivity contribution in [1.29, 1.82) is 0 Å². The summed E-state index contributed by atoms with van der Waals surface area (Å²) in [6, 6.07) is 2.87. The molecule has 0 saturated carbocycles. The van der Waals surface area contributed by atoms with Gasteiger partial charge in [0.25, 0.3) is 0 Å². The molecule has 0 radical (unpaired) electrons. The summed E-state index contributed by atoms with van der Waals surface area (Å²) in [7, 11) is 0. The lowest BCUT2D eigenvalue weighted by atomic mass is 10.2. The molecule has 2 aromatic rings. The highest BCUT2D eigenvalue weighted by molar-refractivity contribution is 7.18. The maximum Gasteiger partial charge on any atom is 0.125 e. The molecular weight excluding hydrogens is 195 g/mol. The molecule has 0 fully saturated rings. The molecule has 0 nitrogen and oxygen atoms in total. The zero-order valence-corrected chi connectivity index (χ0v) is 7.97. The van der Waals surface area contributed by atoms with E-state index in [1.165, 1.54) is 12.1 Å². The minimum absolute atomic E-state index is 0.269. The highest BCUT2D eigenvalue weighted by Gasteiger charge is 2.05. The average molecular weight is 201 g/mol. The summed E-state index contributed by atoms with van der Waals surface area (Å²) < 4.78 is 13.8. The Morgan fingerprint density at radius 3 is 2.92 bits per heavy atom. The summed E-state index contributed by atoms with van der Waals surface area (Å²) in [6.07, 6.45) is 0. The molecular formula is C9H6ClFS. The van der Waals surface area contributed by atoms with E-state index in [-0.39, 0.29) is 5.82 Å². The second kappa shape index (κ2) is 2.71. The fourth-order valence-electron chi connectivity index (χ4n) is 1.18. The van der Waals surface area contributed by atoms with E-state index in [1.54, 1.807) is 11.3 Å². The number of benzene rings is 1. The molecule has 0 aliphatic heterocycles. The second-order valence-electron chi connectivity index (χ2n) is 2.68. The van der Waals surface area contributed by atoms with Crippen molar-refractivity contribution < 1.29 is 4.39 Å².